The van der Waals surface area contributed by atoms with Crippen LogP contribution in [0.5, 0.6) is 0 Å². The third-order valence-electron chi connectivity index (χ3n) is 3.26. The predicted molar refractivity (Wildman–Crippen MR) is 102 cm³/mol. The van der Waals surface area contributed by atoms with Gasteiger partial charge < -0.3 is 0 Å². The van der Waals surface area contributed by atoms with Crippen molar-refractivity contribution in [3.63, 3.8) is 0 Å². The molecule has 0 bridgehead atoms. The Morgan fingerprint density at radius 1 is 1.25 bits per heavy atom. The maximum Gasteiger partial charge on any atom is 0.258 e. The number of hydrogen-bond acceptors (Lipinski definition) is 6. The second kappa shape index (κ2) is 7.92. The molecule has 0 aliphatic heterocycles. The molecule has 1 amide bonds. The van der Waals surface area contributed by atoms with Crippen LogP contribution in [-0.2, 0) is 5.75 Å². The van der Waals surface area contributed by atoms with E-state index in [2.05, 4.69) is 46.2 Å². The van der Waals surface area contributed by atoms with Crippen LogP contribution >= 0.6 is 34.4 Å². The van der Waals surface area contributed by atoms with E-state index < -0.39 is 0 Å². The van der Waals surface area contributed by atoms with Gasteiger partial charge in [0.2, 0.25) is 5.13 Å². The lowest BCUT2D eigenvalue weighted by Gasteiger charge is -2.08. The summed E-state index contributed by atoms with van der Waals surface area (Å²) in [5.41, 5.74) is 1.94. The van der Waals surface area contributed by atoms with Gasteiger partial charge in [-0.15, -0.1) is 22.0 Å². The number of thiophene rings is 1. The van der Waals surface area contributed by atoms with Crippen LogP contribution in [-0.4, -0.2) is 16.1 Å². The van der Waals surface area contributed by atoms with E-state index in [1.54, 1.807) is 23.1 Å². The molecule has 0 spiro atoms. The Hall–Kier alpha value is -1.70. The van der Waals surface area contributed by atoms with Crippen LogP contribution in [0.4, 0.5) is 5.13 Å². The minimum atomic E-state index is -0.144. The van der Waals surface area contributed by atoms with Crippen molar-refractivity contribution < 1.29 is 4.79 Å². The number of aromatic nitrogens is 2. The number of nitrogens with one attached hydrogen (secondary N) is 1. The molecule has 0 atom stereocenters. The van der Waals surface area contributed by atoms with Gasteiger partial charge in [-0.3, -0.25) is 10.1 Å². The fourth-order valence-corrected chi connectivity index (χ4v) is 4.51. The molecule has 2 heterocycles. The topological polar surface area (TPSA) is 54.9 Å². The number of rotatable bonds is 6. The van der Waals surface area contributed by atoms with Crippen LogP contribution in [0.25, 0.3) is 0 Å². The summed E-state index contributed by atoms with van der Waals surface area (Å²) in [6.07, 6.45) is 0. The van der Waals surface area contributed by atoms with Crippen LogP contribution in [0.3, 0.4) is 0 Å². The van der Waals surface area contributed by atoms with Crippen LogP contribution in [0.2, 0.25) is 0 Å². The monoisotopic (exact) mass is 375 g/mol. The average Bonchev–Trinajstić information content (AvgIpc) is 3.25. The molecule has 4 nitrogen and oxygen atoms in total. The Morgan fingerprint density at radius 3 is 2.79 bits per heavy atom. The zero-order valence-corrected chi connectivity index (χ0v) is 15.8. The predicted octanol–water partition coefficient (Wildman–Crippen LogP) is 5.27. The molecule has 124 valence electrons. The van der Waals surface area contributed by atoms with E-state index in [1.165, 1.54) is 16.9 Å². The summed E-state index contributed by atoms with van der Waals surface area (Å²) in [6.45, 7) is 4.12. The van der Waals surface area contributed by atoms with E-state index in [-0.39, 0.29) is 5.91 Å². The molecule has 0 saturated heterocycles. The first-order valence-corrected chi connectivity index (χ1v) is 10.3. The largest absolute Gasteiger partial charge is 0.296 e. The number of carbonyl (C=O) groups excluding carboxylic acids is 1. The third-order valence-corrected chi connectivity index (χ3v) is 6.28. The van der Waals surface area contributed by atoms with Crippen molar-refractivity contribution in [2.75, 3.05) is 5.32 Å². The van der Waals surface area contributed by atoms with Gasteiger partial charge in [0.05, 0.1) is 5.56 Å². The fraction of sp³-hybridized carbons (Fsp3) is 0.235. The number of thioether (sulfide) groups is 1. The molecule has 0 fully saturated rings. The maximum absolute atomic E-state index is 12.6. The second-order valence-corrected chi connectivity index (χ2v) is 8.28. The Labute approximate surface area is 153 Å². The van der Waals surface area contributed by atoms with Crippen molar-refractivity contribution in [2.24, 2.45) is 0 Å². The molecule has 1 aromatic carbocycles. The van der Waals surface area contributed by atoms with Gasteiger partial charge in [-0.25, -0.2) is 0 Å². The van der Waals surface area contributed by atoms with Gasteiger partial charge >= 0.3 is 0 Å². The summed E-state index contributed by atoms with van der Waals surface area (Å²) in [7, 11) is 0. The lowest BCUT2D eigenvalue weighted by Crippen LogP contribution is -2.12. The number of hydrogen-bond donors (Lipinski definition) is 1. The van der Waals surface area contributed by atoms with Crippen LogP contribution in [0, 0.1) is 0 Å². The van der Waals surface area contributed by atoms with Crippen LogP contribution in [0.15, 0.2) is 46.0 Å². The highest BCUT2D eigenvalue weighted by atomic mass is 32.2. The van der Waals surface area contributed by atoms with Gasteiger partial charge in [-0.05, 0) is 34.5 Å². The molecule has 0 radical (unpaired) electrons. The van der Waals surface area contributed by atoms with E-state index >= 15 is 0 Å². The molecule has 24 heavy (non-hydrogen) atoms. The fourth-order valence-electron chi connectivity index (χ4n) is 2.00. The molecule has 0 aliphatic rings. The van der Waals surface area contributed by atoms with Crippen LogP contribution in [0.1, 0.15) is 40.7 Å². The van der Waals surface area contributed by atoms with Gasteiger partial charge in [-0.1, -0.05) is 37.3 Å². The summed E-state index contributed by atoms with van der Waals surface area (Å²) in [4.78, 5) is 13.6. The highest BCUT2D eigenvalue weighted by Crippen LogP contribution is 2.28. The van der Waals surface area contributed by atoms with E-state index in [9.17, 15) is 4.79 Å². The highest BCUT2D eigenvalue weighted by Gasteiger charge is 2.15. The van der Waals surface area contributed by atoms with Gasteiger partial charge in [-0.2, -0.15) is 11.3 Å². The third kappa shape index (κ3) is 4.23. The number of amides is 1. The summed E-state index contributed by atoms with van der Waals surface area (Å²) >= 11 is 4.77. The molecule has 1 N–H and O–H groups in total. The Kier molecular flexibility index (Phi) is 5.65. The minimum absolute atomic E-state index is 0.144. The molecular formula is C17H17N3OS3. The molecule has 7 heteroatoms. The first-order valence-electron chi connectivity index (χ1n) is 7.51. The summed E-state index contributed by atoms with van der Waals surface area (Å²) in [5, 5.41) is 16.7. The number of nitrogens with zero attached hydrogens (tertiary/aromatic N) is 2. The Morgan fingerprint density at radius 2 is 2.08 bits per heavy atom. The smallest absolute Gasteiger partial charge is 0.258 e. The first-order chi connectivity index (χ1) is 11.6. The molecular weight excluding hydrogens is 358 g/mol. The van der Waals surface area contributed by atoms with Crippen LogP contribution < -0.4 is 5.32 Å². The van der Waals surface area contributed by atoms with Gasteiger partial charge in [0.25, 0.3) is 5.91 Å². The average molecular weight is 376 g/mol. The van der Waals surface area contributed by atoms with Gasteiger partial charge in [0, 0.05) is 16.6 Å². The standard InChI is InChI=1S/C17H17N3OS3/c1-11(2)16-19-20-17(24-16)18-15(21)13-5-3-4-6-14(13)23-10-12-7-8-22-9-12/h3-9,11H,10H2,1-2H3,(H,18,20,21). The van der Waals surface area contributed by atoms with Gasteiger partial charge in [0.15, 0.2) is 0 Å². The van der Waals surface area contributed by atoms with E-state index in [1.807, 2.05) is 24.3 Å². The van der Waals surface area contributed by atoms with Crippen molar-refractivity contribution in [1.82, 2.24) is 10.2 Å². The normalized spacial score (nSPS) is 11.0. The summed E-state index contributed by atoms with van der Waals surface area (Å²) in [6, 6.07) is 9.76. The van der Waals surface area contributed by atoms with Gasteiger partial charge in [0.1, 0.15) is 5.01 Å². The molecule has 0 saturated carbocycles. The Bertz CT molecular complexity index is 812. The minimum Gasteiger partial charge on any atom is -0.296 e. The lowest BCUT2D eigenvalue weighted by molar-refractivity contribution is 0.102. The summed E-state index contributed by atoms with van der Waals surface area (Å²) in [5.74, 6) is 1.01. The molecule has 0 aliphatic carbocycles. The number of anilines is 1. The van der Waals surface area contributed by atoms with Crippen molar-refractivity contribution in [2.45, 2.75) is 30.4 Å². The SMILES string of the molecule is CC(C)c1nnc(NC(=O)c2ccccc2SCc2ccsc2)s1. The molecule has 3 aromatic rings. The zero-order chi connectivity index (χ0) is 16.9. The number of carbonyl (C=O) groups is 1. The highest BCUT2D eigenvalue weighted by molar-refractivity contribution is 7.98. The Balaban J connectivity index is 1.71. The first kappa shape index (κ1) is 17.1. The lowest BCUT2D eigenvalue weighted by atomic mass is 10.2. The zero-order valence-electron chi connectivity index (χ0n) is 13.4. The second-order valence-electron chi connectivity index (χ2n) is 5.47. The molecule has 2 aromatic heterocycles. The van der Waals surface area contributed by atoms with Crippen molar-refractivity contribution in [1.29, 1.82) is 0 Å². The number of benzene rings is 1. The maximum atomic E-state index is 12.6. The summed E-state index contributed by atoms with van der Waals surface area (Å²) < 4.78 is 0. The van der Waals surface area contributed by atoms with E-state index in [0.29, 0.717) is 16.6 Å². The van der Waals surface area contributed by atoms with E-state index in [4.69, 9.17) is 0 Å². The molecule has 3 rings (SSSR count). The van der Waals surface area contributed by atoms with E-state index in [0.717, 1.165) is 15.7 Å². The molecule has 0 unspecified atom stereocenters. The van der Waals surface area contributed by atoms with Crippen molar-refractivity contribution in [3.8, 4) is 0 Å². The van der Waals surface area contributed by atoms with Crippen molar-refractivity contribution >= 4 is 45.5 Å². The quantitative estimate of drug-likeness (QED) is 0.597. The van der Waals surface area contributed by atoms with Crippen molar-refractivity contribution in [3.05, 3.63) is 57.2 Å².